The van der Waals surface area contributed by atoms with Gasteiger partial charge in [-0.3, -0.25) is 4.68 Å². The smallest absolute Gasteiger partial charge is 0.134 e. The van der Waals surface area contributed by atoms with E-state index < -0.39 is 0 Å². The first-order valence-electron chi connectivity index (χ1n) is 6.37. The standard InChI is InChI=1S/C15H17N3O2/c1-12-9-13(5-3-4-8-19)6-7-15(12)20-11-14-10-18(2)17-16-14/h6-7,9-10,19H,4,8,11H2,1-2H3. The average molecular weight is 271 g/mol. The van der Waals surface area contributed by atoms with Crippen molar-refractivity contribution in [3.63, 3.8) is 0 Å². The van der Waals surface area contributed by atoms with E-state index in [0.717, 1.165) is 22.6 Å². The summed E-state index contributed by atoms with van der Waals surface area (Å²) < 4.78 is 7.36. The highest BCUT2D eigenvalue weighted by Gasteiger charge is 2.03. The molecule has 1 N–H and O–H groups in total. The van der Waals surface area contributed by atoms with E-state index in [4.69, 9.17) is 9.84 Å². The first-order valence-corrected chi connectivity index (χ1v) is 6.37. The average Bonchev–Trinajstić information content (AvgIpc) is 2.84. The van der Waals surface area contributed by atoms with Gasteiger partial charge in [-0.25, -0.2) is 0 Å². The molecule has 104 valence electrons. The zero-order valence-corrected chi connectivity index (χ0v) is 11.6. The molecule has 20 heavy (non-hydrogen) atoms. The van der Waals surface area contributed by atoms with E-state index in [2.05, 4.69) is 22.2 Å². The predicted molar refractivity (Wildman–Crippen MR) is 75.1 cm³/mol. The summed E-state index contributed by atoms with van der Waals surface area (Å²) in [5.41, 5.74) is 2.73. The van der Waals surface area contributed by atoms with Crippen LogP contribution in [0.1, 0.15) is 23.2 Å². The molecule has 2 rings (SSSR count). The Bertz CT molecular complexity index is 638. The molecule has 0 radical (unpaired) electrons. The number of ether oxygens (including phenoxy) is 1. The largest absolute Gasteiger partial charge is 0.487 e. The van der Waals surface area contributed by atoms with Gasteiger partial charge in [-0.2, -0.15) is 0 Å². The maximum atomic E-state index is 8.69. The van der Waals surface area contributed by atoms with E-state index in [1.54, 1.807) is 4.68 Å². The van der Waals surface area contributed by atoms with Crippen molar-refractivity contribution >= 4 is 0 Å². The van der Waals surface area contributed by atoms with Crippen LogP contribution in [-0.2, 0) is 13.7 Å². The van der Waals surface area contributed by atoms with E-state index in [1.807, 2.05) is 38.4 Å². The molecule has 0 fully saturated rings. The molecule has 0 aliphatic heterocycles. The molecular formula is C15H17N3O2. The van der Waals surface area contributed by atoms with Gasteiger partial charge in [0, 0.05) is 19.0 Å². The van der Waals surface area contributed by atoms with Crippen LogP contribution in [0, 0.1) is 18.8 Å². The first-order chi connectivity index (χ1) is 9.69. The molecule has 1 heterocycles. The first kappa shape index (κ1) is 14.1. The summed E-state index contributed by atoms with van der Waals surface area (Å²) in [6.07, 6.45) is 2.31. The molecule has 2 aromatic rings. The number of aryl methyl sites for hydroxylation is 2. The van der Waals surface area contributed by atoms with Crippen LogP contribution in [0.2, 0.25) is 0 Å². The van der Waals surface area contributed by atoms with E-state index in [9.17, 15) is 0 Å². The molecule has 0 aliphatic rings. The summed E-state index contributed by atoms with van der Waals surface area (Å²) in [6.45, 7) is 2.46. The van der Waals surface area contributed by atoms with Crippen LogP contribution < -0.4 is 4.74 Å². The third kappa shape index (κ3) is 3.84. The molecule has 0 saturated heterocycles. The molecule has 0 amide bonds. The van der Waals surface area contributed by atoms with E-state index in [-0.39, 0.29) is 6.61 Å². The van der Waals surface area contributed by atoms with Crippen molar-refractivity contribution in [1.29, 1.82) is 0 Å². The third-order valence-electron chi connectivity index (χ3n) is 2.67. The summed E-state index contributed by atoms with van der Waals surface area (Å²) in [4.78, 5) is 0. The van der Waals surface area contributed by atoms with Gasteiger partial charge in [0.15, 0.2) is 0 Å². The van der Waals surface area contributed by atoms with Crippen LogP contribution in [-0.4, -0.2) is 26.7 Å². The second-order valence-electron chi connectivity index (χ2n) is 4.43. The number of aromatic nitrogens is 3. The third-order valence-corrected chi connectivity index (χ3v) is 2.67. The lowest BCUT2D eigenvalue weighted by Gasteiger charge is -2.07. The van der Waals surface area contributed by atoms with Crippen LogP contribution >= 0.6 is 0 Å². The van der Waals surface area contributed by atoms with Gasteiger partial charge in [-0.1, -0.05) is 17.1 Å². The van der Waals surface area contributed by atoms with Gasteiger partial charge in [0.25, 0.3) is 0 Å². The Morgan fingerprint density at radius 1 is 1.40 bits per heavy atom. The van der Waals surface area contributed by atoms with Crippen molar-refractivity contribution < 1.29 is 9.84 Å². The summed E-state index contributed by atoms with van der Waals surface area (Å²) in [5.74, 6) is 6.70. The van der Waals surface area contributed by atoms with Gasteiger partial charge >= 0.3 is 0 Å². The summed E-state index contributed by atoms with van der Waals surface area (Å²) in [7, 11) is 1.82. The van der Waals surface area contributed by atoms with Crippen molar-refractivity contribution in [3.05, 3.63) is 41.2 Å². The Labute approximate surface area is 118 Å². The molecule has 0 spiro atoms. The second-order valence-corrected chi connectivity index (χ2v) is 4.43. The number of benzene rings is 1. The molecule has 5 nitrogen and oxygen atoms in total. The number of nitrogens with zero attached hydrogens (tertiary/aromatic N) is 3. The second kappa shape index (κ2) is 6.73. The summed E-state index contributed by atoms with van der Waals surface area (Å²) >= 11 is 0. The maximum Gasteiger partial charge on any atom is 0.134 e. The van der Waals surface area contributed by atoms with Crippen molar-refractivity contribution in [2.75, 3.05) is 6.61 Å². The summed E-state index contributed by atoms with van der Waals surface area (Å²) in [5, 5.41) is 16.5. The number of hydrogen-bond acceptors (Lipinski definition) is 4. The van der Waals surface area contributed by atoms with Crippen LogP contribution in [0.5, 0.6) is 5.75 Å². The zero-order chi connectivity index (χ0) is 14.4. The van der Waals surface area contributed by atoms with Gasteiger partial charge < -0.3 is 9.84 Å². The minimum Gasteiger partial charge on any atom is -0.487 e. The molecule has 0 bridgehead atoms. The Hall–Kier alpha value is -2.32. The topological polar surface area (TPSA) is 60.2 Å². The monoisotopic (exact) mass is 271 g/mol. The minimum atomic E-state index is 0.0886. The molecule has 1 aromatic heterocycles. The van der Waals surface area contributed by atoms with Gasteiger partial charge in [-0.05, 0) is 30.7 Å². The van der Waals surface area contributed by atoms with Crippen LogP contribution in [0.3, 0.4) is 0 Å². The lowest BCUT2D eigenvalue weighted by Crippen LogP contribution is -1.97. The Balaban J connectivity index is 2.01. The maximum absolute atomic E-state index is 8.69. The molecule has 0 unspecified atom stereocenters. The summed E-state index contributed by atoms with van der Waals surface area (Å²) in [6, 6.07) is 5.77. The van der Waals surface area contributed by atoms with Crippen molar-refractivity contribution in [2.45, 2.75) is 20.0 Å². The van der Waals surface area contributed by atoms with E-state index >= 15 is 0 Å². The molecule has 1 aromatic carbocycles. The number of rotatable bonds is 4. The van der Waals surface area contributed by atoms with Crippen molar-refractivity contribution in [1.82, 2.24) is 15.0 Å². The highest BCUT2D eigenvalue weighted by molar-refractivity contribution is 5.43. The number of aliphatic hydroxyl groups is 1. The lowest BCUT2D eigenvalue weighted by atomic mass is 10.1. The van der Waals surface area contributed by atoms with Gasteiger partial charge in [0.05, 0.1) is 12.8 Å². The predicted octanol–water partition coefficient (Wildman–Crippen LogP) is 1.44. The molecular weight excluding hydrogens is 254 g/mol. The van der Waals surface area contributed by atoms with E-state index in [0.29, 0.717) is 13.0 Å². The molecule has 0 atom stereocenters. The SMILES string of the molecule is Cc1cc(C#CCCO)ccc1OCc1cn(C)nn1. The van der Waals surface area contributed by atoms with Gasteiger partial charge in [0.1, 0.15) is 18.1 Å². The van der Waals surface area contributed by atoms with E-state index in [1.165, 1.54) is 0 Å². The fourth-order valence-electron chi connectivity index (χ4n) is 1.72. The van der Waals surface area contributed by atoms with Gasteiger partial charge in [-0.15, -0.1) is 5.10 Å². The van der Waals surface area contributed by atoms with Crippen molar-refractivity contribution in [3.8, 4) is 17.6 Å². The quantitative estimate of drug-likeness (QED) is 0.855. The highest BCUT2D eigenvalue weighted by Crippen LogP contribution is 2.19. The van der Waals surface area contributed by atoms with Gasteiger partial charge in [0.2, 0.25) is 0 Å². The molecule has 5 heteroatoms. The highest BCUT2D eigenvalue weighted by atomic mass is 16.5. The van der Waals surface area contributed by atoms with Crippen LogP contribution in [0.15, 0.2) is 24.4 Å². The Kier molecular flexibility index (Phi) is 4.75. The van der Waals surface area contributed by atoms with Crippen LogP contribution in [0.4, 0.5) is 0 Å². The normalized spacial score (nSPS) is 9.95. The number of aliphatic hydroxyl groups excluding tert-OH is 1. The van der Waals surface area contributed by atoms with Crippen LogP contribution in [0.25, 0.3) is 0 Å². The fraction of sp³-hybridized carbons (Fsp3) is 0.333. The molecule has 0 saturated carbocycles. The zero-order valence-electron chi connectivity index (χ0n) is 11.6. The molecule has 0 aliphatic carbocycles. The Morgan fingerprint density at radius 3 is 2.90 bits per heavy atom. The number of hydrogen-bond donors (Lipinski definition) is 1. The van der Waals surface area contributed by atoms with Crippen molar-refractivity contribution in [2.24, 2.45) is 7.05 Å². The Morgan fingerprint density at radius 2 is 2.25 bits per heavy atom. The fourth-order valence-corrected chi connectivity index (χ4v) is 1.72. The minimum absolute atomic E-state index is 0.0886. The lowest BCUT2D eigenvalue weighted by molar-refractivity contribution is 0.299.